The van der Waals surface area contributed by atoms with Crippen LogP contribution in [0.1, 0.15) is 33.6 Å². The Hall–Kier alpha value is -0.0400. The van der Waals surface area contributed by atoms with Crippen LogP contribution in [0, 0.1) is 11.3 Å². The van der Waals surface area contributed by atoms with E-state index in [0.717, 1.165) is 19.1 Å². The molecule has 0 N–H and O–H groups in total. The lowest BCUT2D eigenvalue weighted by Gasteiger charge is -2.33. The topological polar surface area (TPSA) is 9.23 Å². The summed E-state index contributed by atoms with van der Waals surface area (Å²) < 4.78 is 5.41. The molecule has 0 aromatic heterocycles. The van der Waals surface area contributed by atoms with Gasteiger partial charge in [-0.1, -0.05) is 20.8 Å². The van der Waals surface area contributed by atoms with Crippen LogP contribution in [0.3, 0.4) is 0 Å². The van der Waals surface area contributed by atoms with Gasteiger partial charge in [0, 0.05) is 13.2 Å². The van der Waals surface area contributed by atoms with Crippen LogP contribution in [-0.2, 0) is 4.74 Å². The molecule has 1 heteroatoms. The molecule has 1 fully saturated rings. The van der Waals surface area contributed by atoms with Crippen molar-refractivity contribution in [3.05, 3.63) is 0 Å². The van der Waals surface area contributed by atoms with Gasteiger partial charge < -0.3 is 4.74 Å². The predicted octanol–water partition coefficient (Wildman–Crippen LogP) is 2.46. The van der Waals surface area contributed by atoms with Crippen molar-refractivity contribution in [3.8, 4) is 0 Å². The van der Waals surface area contributed by atoms with E-state index in [1.54, 1.807) is 0 Å². The third-order valence-corrected chi connectivity index (χ3v) is 2.39. The molecule has 0 radical (unpaired) electrons. The molecule has 1 rings (SSSR count). The monoisotopic (exact) mass is 142 g/mol. The lowest BCUT2D eigenvalue weighted by molar-refractivity contribution is 0.0103. The second-order valence-electron chi connectivity index (χ2n) is 4.28. The third kappa shape index (κ3) is 1.98. The Morgan fingerprint density at radius 2 is 2.00 bits per heavy atom. The third-order valence-electron chi connectivity index (χ3n) is 2.39. The van der Waals surface area contributed by atoms with Gasteiger partial charge in [-0.15, -0.1) is 0 Å². The van der Waals surface area contributed by atoms with Gasteiger partial charge in [0.25, 0.3) is 0 Å². The van der Waals surface area contributed by atoms with Crippen LogP contribution < -0.4 is 0 Å². The summed E-state index contributed by atoms with van der Waals surface area (Å²) in [7, 11) is 0. The Balaban J connectivity index is 2.39. The van der Waals surface area contributed by atoms with Crippen LogP contribution in [0.5, 0.6) is 0 Å². The van der Waals surface area contributed by atoms with Crippen LogP contribution >= 0.6 is 0 Å². The summed E-state index contributed by atoms with van der Waals surface area (Å²) in [5, 5.41) is 0. The van der Waals surface area contributed by atoms with E-state index in [9.17, 15) is 0 Å². The minimum Gasteiger partial charge on any atom is -0.381 e. The van der Waals surface area contributed by atoms with Crippen molar-refractivity contribution >= 4 is 0 Å². The highest BCUT2D eigenvalue weighted by molar-refractivity contribution is 4.75. The first-order chi connectivity index (χ1) is 4.61. The van der Waals surface area contributed by atoms with E-state index in [0.29, 0.717) is 5.41 Å². The van der Waals surface area contributed by atoms with Gasteiger partial charge in [-0.25, -0.2) is 0 Å². The fourth-order valence-corrected chi connectivity index (χ4v) is 1.42. The Kier molecular flexibility index (Phi) is 2.35. The first-order valence-electron chi connectivity index (χ1n) is 4.18. The van der Waals surface area contributed by atoms with Gasteiger partial charge in [0.2, 0.25) is 0 Å². The Morgan fingerprint density at radius 1 is 1.30 bits per heavy atom. The predicted molar refractivity (Wildman–Crippen MR) is 43.0 cm³/mol. The minimum atomic E-state index is 0.445. The van der Waals surface area contributed by atoms with Crippen molar-refractivity contribution in [1.29, 1.82) is 0 Å². The van der Waals surface area contributed by atoms with Crippen LogP contribution in [0.25, 0.3) is 0 Å². The van der Waals surface area contributed by atoms with E-state index >= 15 is 0 Å². The van der Waals surface area contributed by atoms with E-state index in [-0.39, 0.29) is 0 Å². The highest BCUT2D eigenvalue weighted by Gasteiger charge is 2.26. The summed E-state index contributed by atoms with van der Waals surface area (Å²) in [4.78, 5) is 0. The van der Waals surface area contributed by atoms with Crippen molar-refractivity contribution in [1.82, 2.24) is 0 Å². The molecule has 60 valence electrons. The van der Waals surface area contributed by atoms with Gasteiger partial charge in [-0.05, 0) is 24.2 Å². The molecular weight excluding hydrogens is 124 g/mol. The molecule has 1 aliphatic heterocycles. The van der Waals surface area contributed by atoms with Crippen molar-refractivity contribution in [3.63, 3.8) is 0 Å². The van der Waals surface area contributed by atoms with Gasteiger partial charge in [-0.2, -0.15) is 0 Å². The maximum atomic E-state index is 5.41. The Morgan fingerprint density at radius 3 is 2.30 bits per heavy atom. The van der Waals surface area contributed by atoms with Gasteiger partial charge >= 0.3 is 0 Å². The van der Waals surface area contributed by atoms with Crippen molar-refractivity contribution in [2.75, 3.05) is 13.2 Å². The molecule has 0 aliphatic carbocycles. The molecule has 0 bridgehead atoms. The van der Waals surface area contributed by atoms with Gasteiger partial charge in [0.05, 0.1) is 0 Å². The summed E-state index contributed by atoms with van der Waals surface area (Å²) in [5.74, 6) is 0.779. The molecule has 1 nitrogen and oxygen atoms in total. The summed E-state index contributed by atoms with van der Waals surface area (Å²) in [6.45, 7) is 8.85. The normalized spacial score (nSPS) is 28.5. The van der Waals surface area contributed by atoms with E-state index in [1.165, 1.54) is 12.8 Å². The average Bonchev–Trinajstić information content (AvgIpc) is 1.88. The van der Waals surface area contributed by atoms with Crippen LogP contribution in [0.4, 0.5) is 0 Å². The Labute approximate surface area is 63.8 Å². The summed E-state index contributed by atoms with van der Waals surface area (Å²) in [6, 6.07) is 0. The lowest BCUT2D eigenvalue weighted by Crippen LogP contribution is -2.29. The number of hydrogen-bond acceptors (Lipinski definition) is 1. The van der Waals surface area contributed by atoms with E-state index in [4.69, 9.17) is 4.74 Å². The molecule has 1 aliphatic rings. The largest absolute Gasteiger partial charge is 0.381 e. The zero-order valence-corrected chi connectivity index (χ0v) is 7.31. The quantitative estimate of drug-likeness (QED) is 0.505. The molecule has 1 unspecified atom stereocenters. The van der Waals surface area contributed by atoms with Gasteiger partial charge in [0.15, 0.2) is 0 Å². The second-order valence-corrected chi connectivity index (χ2v) is 4.28. The standard InChI is InChI=1S/C9H18O/c1-9(2,3)8-5-4-6-10-7-8/h8H,4-7H2,1-3H3. The summed E-state index contributed by atoms with van der Waals surface area (Å²) >= 11 is 0. The molecule has 1 atom stereocenters. The summed E-state index contributed by atoms with van der Waals surface area (Å²) in [5.41, 5.74) is 0.445. The van der Waals surface area contributed by atoms with Crippen LogP contribution in [0.2, 0.25) is 0 Å². The van der Waals surface area contributed by atoms with E-state index in [2.05, 4.69) is 20.8 Å². The van der Waals surface area contributed by atoms with E-state index in [1.807, 2.05) is 0 Å². The maximum absolute atomic E-state index is 5.41. The van der Waals surface area contributed by atoms with Crippen molar-refractivity contribution in [2.45, 2.75) is 33.6 Å². The highest BCUT2D eigenvalue weighted by atomic mass is 16.5. The van der Waals surface area contributed by atoms with Crippen LogP contribution in [0.15, 0.2) is 0 Å². The molecule has 0 saturated carbocycles. The lowest BCUT2D eigenvalue weighted by atomic mass is 9.78. The molecule has 10 heavy (non-hydrogen) atoms. The smallest absolute Gasteiger partial charge is 0.0499 e. The minimum absolute atomic E-state index is 0.445. The summed E-state index contributed by atoms with van der Waals surface area (Å²) in [6.07, 6.45) is 2.60. The molecule has 1 saturated heterocycles. The maximum Gasteiger partial charge on any atom is 0.0499 e. The molecule has 0 amide bonds. The molecular formula is C9H18O. The fourth-order valence-electron chi connectivity index (χ4n) is 1.42. The fraction of sp³-hybridized carbons (Fsp3) is 1.00. The van der Waals surface area contributed by atoms with E-state index < -0.39 is 0 Å². The number of ether oxygens (including phenoxy) is 1. The number of hydrogen-bond donors (Lipinski definition) is 0. The van der Waals surface area contributed by atoms with Gasteiger partial charge in [0.1, 0.15) is 0 Å². The molecule has 0 spiro atoms. The average molecular weight is 142 g/mol. The zero-order valence-electron chi connectivity index (χ0n) is 7.31. The first-order valence-corrected chi connectivity index (χ1v) is 4.18. The second kappa shape index (κ2) is 2.91. The Bertz CT molecular complexity index is 95.8. The van der Waals surface area contributed by atoms with Crippen molar-refractivity contribution < 1.29 is 4.74 Å². The van der Waals surface area contributed by atoms with Crippen LogP contribution in [-0.4, -0.2) is 13.2 Å². The number of rotatable bonds is 0. The van der Waals surface area contributed by atoms with Crippen molar-refractivity contribution in [2.24, 2.45) is 11.3 Å². The molecule has 0 aromatic carbocycles. The SMILES string of the molecule is CC(C)(C)C1CCCOC1. The highest BCUT2D eigenvalue weighted by Crippen LogP contribution is 2.31. The van der Waals surface area contributed by atoms with Gasteiger partial charge in [-0.3, -0.25) is 0 Å². The first kappa shape index (κ1) is 8.06. The zero-order chi connectivity index (χ0) is 7.61. The molecule has 1 heterocycles. The molecule has 0 aromatic rings.